The fourth-order valence-corrected chi connectivity index (χ4v) is 1.50. The van der Waals surface area contributed by atoms with Crippen molar-refractivity contribution in [2.24, 2.45) is 0 Å². The van der Waals surface area contributed by atoms with Crippen LogP contribution in [0.15, 0.2) is 34.9 Å². The van der Waals surface area contributed by atoms with Gasteiger partial charge in [0.2, 0.25) is 0 Å². The van der Waals surface area contributed by atoms with E-state index in [4.69, 9.17) is 4.52 Å². The van der Waals surface area contributed by atoms with Crippen LogP contribution >= 0.6 is 0 Å². The van der Waals surface area contributed by atoms with Crippen molar-refractivity contribution in [1.82, 2.24) is 5.16 Å². The highest BCUT2D eigenvalue weighted by Gasteiger charge is 2.14. The number of carbonyl (C=O) groups is 1. The Hall–Kier alpha value is -2.10. The number of nitrogens with zero attached hydrogens (tertiary/aromatic N) is 1. The third-order valence-corrected chi connectivity index (χ3v) is 2.64. The Bertz CT molecular complexity index is 541. The molecule has 0 aliphatic rings. The highest BCUT2D eigenvalue weighted by atomic mass is 16.5. The zero-order valence-electron chi connectivity index (χ0n) is 10.7. The van der Waals surface area contributed by atoms with E-state index in [0.29, 0.717) is 11.5 Å². The zero-order valence-corrected chi connectivity index (χ0v) is 10.7. The van der Waals surface area contributed by atoms with Crippen molar-refractivity contribution < 1.29 is 9.32 Å². The molecule has 1 amide bonds. The maximum absolute atomic E-state index is 11.9. The van der Waals surface area contributed by atoms with Crippen molar-refractivity contribution in [3.63, 3.8) is 0 Å². The summed E-state index contributed by atoms with van der Waals surface area (Å²) in [5.74, 6) is 0.678. The van der Waals surface area contributed by atoms with Crippen LogP contribution in [-0.4, -0.2) is 11.1 Å². The topological polar surface area (TPSA) is 55.1 Å². The Morgan fingerprint density at radius 2 is 1.94 bits per heavy atom. The molecule has 4 heteroatoms. The molecule has 1 heterocycles. The predicted octanol–water partition coefficient (Wildman–Crippen LogP) is 3.36. The molecule has 0 aliphatic carbocycles. The summed E-state index contributed by atoms with van der Waals surface area (Å²) >= 11 is 0. The quantitative estimate of drug-likeness (QED) is 0.900. The molecule has 0 atom stereocenters. The maximum Gasteiger partial charge on any atom is 0.277 e. The number of hydrogen-bond acceptors (Lipinski definition) is 3. The van der Waals surface area contributed by atoms with Gasteiger partial charge in [0.05, 0.1) is 0 Å². The van der Waals surface area contributed by atoms with Crippen LogP contribution in [0.25, 0.3) is 0 Å². The highest BCUT2D eigenvalue weighted by Crippen LogP contribution is 2.16. The summed E-state index contributed by atoms with van der Waals surface area (Å²) in [4.78, 5) is 11.9. The monoisotopic (exact) mass is 244 g/mol. The first kappa shape index (κ1) is 12.4. The van der Waals surface area contributed by atoms with Gasteiger partial charge in [-0.1, -0.05) is 36.7 Å². The number of rotatable bonds is 3. The van der Waals surface area contributed by atoms with Crippen LogP contribution in [0.3, 0.4) is 0 Å². The second kappa shape index (κ2) is 5.04. The van der Waals surface area contributed by atoms with Crippen molar-refractivity contribution in [3.8, 4) is 0 Å². The molecule has 0 aliphatic heterocycles. The molecule has 0 bridgehead atoms. The number of carbonyl (C=O) groups excluding carboxylic acids is 1. The molecule has 2 aromatic rings. The summed E-state index contributed by atoms with van der Waals surface area (Å²) in [5, 5.41) is 6.54. The minimum absolute atomic E-state index is 0.221. The molecule has 0 fully saturated rings. The first-order valence-corrected chi connectivity index (χ1v) is 5.91. The van der Waals surface area contributed by atoms with E-state index in [-0.39, 0.29) is 11.8 Å². The minimum atomic E-state index is -0.255. The third-order valence-electron chi connectivity index (χ3n) is 2.64. The van der Waals surface area contributed by atoms with E-state index in [1.54, 1.807) is 6.07 Å². The molecule has 1 N–H and O–H groups in total. The third kappa shape index (κ3) is 2.77. The predicted molar refractivity (Wildman–Crippen MR) is 69.7 cm³/mol. The number of benzene rings is 1. The number of nitrogens with one attached hydrogen (secondary N) is 1. The van der Waals surface area contributed by atoms with Gasteiger partial charge in [-0.3, -0.25) is 4.79 Å². The Kier molecular flexibility index (Phi) is 3.46. The van der Waals surface area contributed by atoms with Crippen molar-refractivity contribution in [2.75, 3.05) is 5.32 Å². The summed E-state index contributed by atoms with van der Waals surface area (Å²) in [6.45, 7) is 5.97. The molecule has 0 unspecified atom stereocenters. The number of hydrogen-bond donors (Lipinski definition) is 1. The van der Waals surface area contributed by atoms with Crippen LogP contribution in [0.2, 0.25) is 0 Å². The van der Waals surface area contributed by atoms with Crippen LogP contribution in [0.1, 0.15) is 41.6 Å². The molecule has 18 heavy (non-hydrogen) atoms. The molecule has 1 aromatic heterocycles. The lowest BCUT2D eigenvalue weighted by molar-refractivity contribution is 0.101. The highest BCUT2D eigenvalue weighted by molar-refractivity contribution is 6.02. The lowest BCUT2D eigenvalue weighted by Gasteiger charge is -2.02. The fraction of sp³-hybridized carbons (Fsp3) is 0.286. The van der Waals surface area contributed by atoms with Gasteiger partial charge in [0.15, 0.2) is 5.69 Å². The summed E-state index contributed by atoms with van der Waals surface area (Å²) in [7, 11) is 0. The van der Waals surface area contributed by atoms with Crippen molar-refractivity contribution in [2.45, 2.75) is 26.7 Å². The van der Waals surface area contributed by atoms with E-state index in [9.17, 15) is 4.79 Å². The molecule has 0 spiro atoms. The first-order valence-electron chi connectivity index (χ1n) is 5.91. The number of aryl methyl sites for hydroxylation is 1. The molecule has 94 valence electrons. The van der Waals surface area contributed by atoms with Gasteiger partial charge >= 0.3 is 0 Å². The van der Waals surface area contributed by atoms with Crippen molar-refractivity contribution >= 4 is 11.6 Å². The molecule has 1 aromatic carbocycles. The van der Waals surface area contributed by atoms with Crippen LogP contribution in [0.5, 0.6) is 0 Å². The Labute approximate surface area is 106 Å². The Morgan fingerprint density at radius 1 is 1.28 bits per heavy atom. The van der Waals surface area contributed by atoms with Gasteiger partial charge in [-0.15, -0.1) is 0 Å². The molecular formula is C14H16N2O2. The average molecular weight is 244 g/mol. The SMILES string of the molecule is Cc1ccc(NC(=O)c2cc(C(C)C)on2)cc1. The molecule has 4 nitrogen and oxygen atoms in total. The number of amides is 1. The van der Waals surface area contributed by atoms with E-state index in [1.165, 1.54) is 0 Å². The van der Waals surface area contributed by atoms with Crippen molar-refractivity contribution in [1.29, 1.82) is 0 Å². The van der Waals surface area contributed by atoms with E-state index < -0.39 is 0 Å². The van der Waals surface area contributed by atoms with Crippen molar-refractivity contribution in [3.05, 3.63) is 47.3 Å². The van der Waals surface area contributed by atoms with Crippen LogP contribution in [0.4, 0.5) is 5.69 Å². The lowest BCUT2D eigenvalue weighted by Crippen LogP contribution is -2.12. The minimum Gasteiger partial charge on any atom is -0.360 e. The Morgan fingerprint density at radius 3 is 2.50 bits per heavy atom. The van der Waals surface area contributed by atoms with E-state index in [2.05, 4.69) is 10.5 Å². The second-order valence-corrected chi connectivity index (χ2v) is 4.59. The first-order chi connectivity index (χ1) is 8.56. The lowest BCUT2D eigenvalue weighted by atomic mass is 10.1. The molecule has 0 saturated carbocycles. The smallest absolute Gasteiger partial charge is 0.277 e. The number of aromatic nitrogens is 1. The summed E-state index contributed by atoms with van der Waals surface area (Å²) in [5.41, 5.74) is 2.20. The van der Waals surface area contributed by atoms with E-state index >= 15 is 0 Å². The normalized spacial score (nSPS) is 10.7. The number of anilines is 1. The maximum atomic E-state index is 11.9. The van der Waals surface area contributed by atoms with Gasteiger partial charge in [0.25, 0.3) is 5.91 Å². The van der Waals surface area contributed by atoms with Gasteiger partial charge in [-0.25, -0.2) is 0 Å². The van der Waals surface area contributed by atoms with Gasteiger partial charge in [0, 0.05) is 17.7 Å². The fourth-order valence-electron chi connectivity index (χ4n) is 1.50. The molecular weight excluding hydrogens is 228 g/mol. The summed E-state index contributed by atoms with van der Waals surface area (Å²) in [6, 6.07) is 9.28. The molecule has 2 rings (SSSR count). The Balaban J connectivity index is 2.09. The zero-order chi connectivity index (χ0) is 13.1. The molecule has 0 saturated heterocycles. The largest absolute Gasteiger partial charge is 0.360 e. The van der Waals surface area contributed by atoms with E-state index in [1.807, 2.05) is 45.0 Å². The van der Waals surface area contributed by atoms with Gasteiger partial charge in [-0.2, -0.15) is 0 Å². The average Bonchev–Trinajstić information content (AvgIpc) is 2.81. The second-order valence-electron chi connectivity index (χ2n) is 4.59. The van der Waals surface area contributed by atoms with Crippen LogP contribution in [-0.2, 0) is 0 Å². The van der Waals surface area contributed by atoms with E-state index in [0.717, 1.165) is 11.3 Å². The van der Waals surface area contributed by atoms with Gasteiger partial charge < -0.3 is 9.84 Å². The van der Waals surface area contributed by atoms with Crippen LogP contribution < -0.4 is 5.32 Å². The van der Waals surface area contributed by atoms with Gasteiger partial charge in [-0.05, 0) is 19.1 Å². The standard InChI is InChI=1S/C14H16N2O2/c1-9(2)13-8-12(16-18-13)14(17)15-11-6-4-10(3)5-7-11/h4-9H,1-3H3,(H,15,17). The molecule has 0 radical (unpaired) electrons. The summed E-state index contributed by atoms with van der Waals surface area (Å²) in [6.07, 6.45) is 0. The van der Waals surface area contributed by atoms with Crippen LogP contribution in [0, 0.1) is 6.92 Å². The van der Waals surface area contributed by atoms with Gasteiger partial charge in [0.1, 0.15) is 5.76 Å². The summed E-state index contributed by atoms with van der Waals surface area (Å²) < 4.78 is 5.09.